The second kappa shape index (κ2) is 6.14. The lowest BCUT2D eigenvalue weighted by Gasteiger charge is -1.99. The maximum absolute atomic E-state index is 10.1. The van der Waals surface area contributed by atoms with Gasteiger partial charge in [0.05, 0.1) is 0 Å². The van der Waals surface area contributed by atoms with Crippen molar-refractivity contribution in [2.75, 3.05) is 19.1 Å². The molecule has 4 nitrogen and oxygen atoms in total. The summed E-state index contributed by atoms with van der Waals surface area (Å²) in [6, 6.07) is -0.269. The van der Waals surface area contributed by atoms with Gasteiger partial charge in [0, 0.05) is 23.3 Å². The largest absolute Gasteiger partial charge is 0.480 e. The summed E-state index contributed by atoms with van der Waals surface area (Å²) in [6.45, 7) is 0.858. The van der Waals surface area contributed by atoms with Gasteiger partial charge in [0.1, 0.15) is 6.04 Å². The molecule has 0 aromatic heterocycles. The van der Waals surface area contributed by atoms with Crippen molar-refractivity contribution >= 4 is 16.8 Å². The lowest BCUT2D eigenvalue weighted by atomic mass is 10.2. The second-order valence-corrected chi connectivity index (χ2v) is 4.21. The van der Waals surface area contributed by atoms with E-state index in [1.807, 2.05) is 0 Å². The summed E-state index contributed by atoms with van der Waals surface area (Å²) < 4.78 is 9.56. The lowest BCUT2D eigenvalue weighted by molar-refractivity contribution is -0.139. The summed E-state index contributed by atoms with van der Waals surface area (Å²) in [5, 5.41) is 11.2. The van der Waals surface area contributed by atoms with Gasteiger partial charge >= 0.3 is 5.97 Å². The van der Waals surface area contributed by atoms with Crippen molar-refractivity contribution in [3.05, 3.63) is 0 Å². The van der Waals surface area contributed by atoms with Crippen LogP contribution in [0.15, 0.2) is 0 Å². The van der Waals surface area contributed by atoms with Gasteiger partial charge in [0.25, 0.3) is 0 Å². The highest BCUT2D eigenvalue weighted by molar-refractivity contribution is 7.83. The third kappa shape index (κ3) is 6.30. The highest BCUT2D eigenvalue weighted by atomic mass is 32.2. The zero-order valence-corrected chi connectivity index (χ0v) is 8.19. The molecule has 1 saturated heterocycles. The van der Waals surface area contributed by atoms with E-state index in [1.165, 1.54) is 0 Å². The molecule has 1 aliphatic rings. The Morgan fingerprint density at radius 1 is 1.58 bits per heavy atom. The molecule has 1 unspecified atom stereocenters. The summed E-state index contributed by atoms with van der Waals surface area (Å²) >= 11 is 0. The molecule has 1 fully saturated rings. The minimum Gasteiger partial charge on any atom is -0.480 e. The average Bonchev–Trinajstić information content (AvgIpc) is 2.34. The van der Waals surface area contributed by atoms with Gasteiger partial charge in [0.2, 0.25) is 0 Å². The normalized spacial score (nSPS) is 21.8. The lowest BCUT2D eigenvalue weighted by Crippen LogP contribution is -2.29. The predicted molar refractivity (Wildman–Crippen MR) is 48.7 cm³/mol. The van der Waals surface area contributed by atoms with Crippen LogP contribution in [0.25, 0.3) is 0 Å². The summed E-state index contributed by atoms with van der Waals surface area (Å²) in [4.78, 5) is 10.1. The molecule has 0 radical (unpaired) electrons. The highest BCUT2D eigenvalue weighted by Crippen LogP contribution is 2.03. The van der Waals surface area contributed by atoms with Gasteiger partial charge in [0.15, 0.2) is 0 Å². The first-order valence-corrected chi connectivity index (χ1v) is 5.72. The van der Waals surface area contributed by atoms with E-state index in [-0.39, 0.29) is 6.04 Å². The third-order valence-electron chi connectivity index (χ3n) is 1.36. The zero-order chi connectivity index (χ0) is 9.56. The van der Waals surface area contributed by atoms with E-state index in [0.29, 0.717) is 0 Å². The van der Waals surface area contributed by atoms with Crippen LogP contribution < -0.4 is 5.32 Å². The highest BCUT2D eigenvalue weighted by Gasteiger charge is 2.20. The number of aliphatic carboxylic acids is 1. The van der Waals surface area contributed by atoms with Gasteiger partial charge in [-0.1, -0.05) is 0 Å². The van der Waals surface area contributed by atoms with Crippen LogP contribution in [-0.4, -0.2) is 40.4 Å². The minimum absolute atomic E-state index is 0.269. The van der Waals surface area contributed by atoms with Gasteiger partial charge in [-0.25, -0.2) is 0 Å². The number of carboxylic acid groups (broad SMARTS) is 1. The molecule has 0 bridgehead atoms. The zero-order valence-electron chi connectivity index (χ0n) is 7.37. The number of carbonyl (C=O) groups is 1. The Labute approximate surface area is 74.8 Å². The van der Waals surface area contributed by atoms with Crippen molar-refractivity contribution in [2.24, 2.45) is 0 Å². The molecule has 1 rings (SSSR count). The molecule has 0 saturated carbocycles. The van der Waals surface area contributed by atoms with E-state index in [4.69, 9.17) is 5.11 Å². The van der Waals surface area contributed by atoms with Crippen LogP contribution >= 0.6 is 0 Å². The molecule has 1 heterocycles. The van der Waals surface area contributed by atoms with Gasteiger partial charge in [-0.15, -0.1) is 0 Å². The molecule has 0 aromatic carbocycles. The standard InChI is InChI=1S/C5H9NO2.C2H6OS/c7-5(8)4-2-1-3-6-4;1-4(2)3/h4,6H,1-3H2,(H,7,8);1-2H3. The first-order valence-electron chi connectivity index (χ1n) is 3.75. The summed E-state index contributed by atoms with van der Waals surface area (Å²) in [6.07, 6.45) is 5.06. The van der Waals surface area contributed by atoms with Crippen LogP contribution in [0.4, 0.5) is 0 Å². The molecule has 1 atom stereocenters. The van der Waals surface area contributed by atoms with Crippen molar-refractivity contribution in [3.63, 3.8) is 0 Å². The molecule has 12 heavy (non-hydrogen) atoms. The van der Waals surface area contributed by atoms with Crippen LogP contribution in [0, 0.1) is 0 Å². The molecule has 0 aromatic rings. The molecule has 5 heteroatoms. The topological polar surface area (TPSA) is 66.4 Å². The first-order chi connectivity index (χ1) is 5.54. The van der Waals surface area contributed by atoms with Crippen LogP contribution in [-0.2, 0) is 15.6 Å². The molecule has 1 aliphatic heterocycles. The number of rotatable bonds is 1. The average molecular weight is 193 g/mol. The van der Waals surface area contributed by atoms with Crippen molar-refractivity contribution < 1.29 is 14.1 Å². The summed E-state index contributed by atoms with van der Waals surface area (Å²) in [5.74, 6) is -0.720. The maximum atomic E-state index is 10.1. The molecule has 2 N–H and O–H groups in total. The van der Waals surface area contributed by atoms with Crippen LogP contribution in [0.5, 0.6) is 0 Å². The molecule has 0 amide bonds. The number of hydrogen-bond acceptors (Lipinski definition) is 3. The van der Waals surface area contributed by atoms with Gasteiger partial charge in [-0.05, 0) is 19.4 Å². The van der Waals surface area contributed by atoms with Crippen LogP contribution in [0.2, 0.25) is 0 Å². The maximum Gasteiger partial charge on any atom is 0.320 e. The van der Waals surface area contributed by atoms with E-state index in [1.54, 1.807) is 12.5 Å². The summed E-state index contributed by atoms with van der Waals surface area (Å²) in [5.41, 5.74) is 0. The quantitative estimate of drug-likeness (QED) is 0.606. The van der Waals surface area contributed by atoms with E-state index < -0.39 is 16.8 Å². The second-order valence-electron chi connectivity index (χ2n) is 2.73. The molecular weight excluding hydrogens is 178 g/mol. The Morgan fingerprint density at radius 2 is 2.08 bits per heavy atom. The Bertz CT molecular complexity index is 162. The first kappa shape index (κ1) is 11.6. The van der Waals surface area contributed by atoms with Crippen molar-refractivity contribution in [1.82, 2.24) is 5.32 Å². The van der Waals surface area contributed by atoms with Gasteiger partial charge in [-0.2, -0.15) is 0 Å². The smallest absolute Gasteiger partial charge is 0.320 e. The van der Waals surface area contributed by atoms with Crippen molar-refractivity contribution in [2.45, 2.75) is 18.9 Å². The molecule has 0 aliphatic carbocycles. The fraction of sp³-hybridized carbons (Fsp3) is 0.857. The Kier molecular flexibility index (Phi) is 5.92. The number of carboxylic acids is 1. The molecular formula is C7H15NO3S. The SMILES string of the molecule is CS(C)=O.O=C(O)C1CCCN1. The van der Waals surface area contributed by atoms with Crippen molar-refractivity contribution in [1.29, 1.82) is 0 Å². The number of nitrogens with one attached hydrogen (secondary N) is 1. The molecule has 0 spiro atoms. The van der Waals surface area contributed by atoms with E-state index in [2.05, 4.69) is 5.32 Å². The van der Waals surface area contributed by atoms with Crippen LogP contribution in [0.1, 0.15) is 12.8 Å². The third-order valence-corrected chi connectivity index (χ3v) is 1.36. The Morgan fingerprint density at radius 3 is 2.25 bits per heavy atom. The fourth-order valence-corrected chi connectivity index (χ4v) is 0.895. The summed E-state index contributed by atoms with van der Waals surface area (Å²) in [7, 11) is -0.611. The van der Waals surface area contributed by atoms with Gasteiger partial charge in [-0.3, -0.25) is 9.00 Å². The van der Waals surface area contributed by atoms with E-state index in [0.717, 1.165) is 19.4 Å². The van der Waals surface area contributed by atoms with Gasteiger partial charge < -0.3 is 10.4 Å². The Hall–Kier alpha value is -0.420. The van der Waals surface area contributed by atoms with Crippen LogP contribution in [0.3, 0.4) is 0 Å². The monoisotopic (exact) mass is 193 g/mol. The van der Waals surface area contributed by atoms with Crippen molar-refractivity contribution in [3.8, 4) is 0 Å². The minimum atomic E-state index is -0.720. The predicted octanol–water partition coefficient (Wildman–Crippen LogP) is -0.182. The van der Waals surface area contributed by atoms with E-state index in [9.17, 15) is 9.00 Å². The van der Waals surface area contributed by atoms with E-state index >= 15 is 0 Å². The number of hydrogen-bond donors (Lipinski definition) is 2. The molecule has 72 valence electrons. The fourth-order valence-electron chi connectivity index (χ4n) is 0.895. The Balaban J connectivity index is 0.000000261.